The number of furan rings is 1. The molecule has 0 atom stereocenters. The number of halogens is 1. The summed E-state index contributed by atoms with van der Waals surface area (Å²) in [6, 6.07) is 17.6. The molecule has 1 N–H and O–H groups in total. The van der Waals surface area contributed by atoms with Gasteiger partial charge in [0.25, 0.3) is 0 Å². The van der Waals surface area contributed by atoms with Crippen LogP contribution in [0.25, 0.3) is 44.0 Å². The topological polar surface area (TPSA) is 63.3 Å². The van der Waals surface area contributed by atoms with Crippen LogP contribution in [-0.2, 0) is 36.7 Å². The van der Waals surface area contributed by atoms with Crippen LogP contribution in [0.2, 0.25) is 0 Å². The third-order valence-corrected chi connectivity index (χ3v) is 9.33. The molecule has 49 heavy (non-hydrogen) atoms. The van der Waals surface area contributed by atoms with Crippen molar-refractivity contribution in [3.63, 3.8) is 0 Å². The molecule has 0 aliphatic heterocycles. The summed E-state index contributed by atoms with van der Waals surface area (Å²) in [5, 5.41) is 13.9. The first-order valence-corrected chi connectivity index (χ1v) is 17.6. The molecule has 265 valence electrons. The number of carbonyl (C=O) groups excluding carboxylic acids is 1. The number of hydrogen-bond donors (Lipinski definition) is 1. The molecule has 0 amide bonds. The van der Waals surface area contributed by atoms with Crippen molar-refractivity contribution in [1.82, 2.24) is 4.98 Å². The SMILES string of the molecule is CCC(CC)C(=O)/C=C(\O)C(CC)CC.Cc1[c-]c(-c2nccc3cc(CC(C)C)ccc23)c2oc3cc(F)c(C(C)(C)C)cc3c2c1.[Ir]. The number of aromatic nitrogens is 1. The van der Waals surface area contributed by atoms with Gasteiger partial charge in [-0.05, 0) is 83.2 Å². The molecule has 0 bridgehead atoms. The van der Waals surface area contributed by atoms with Crippen LogP contribution in [0.1, 0.15) is 105 Å². The van der Waals surface area contributed by atoms with E-state index in [4.69, 9.17) is 9.40 Å². The van der Waals surface area contributed by atoms with E-state index in [1.807, 2.05) is 67.7 Å². The van der Waals surface area contributed by atoms with Gasteiger partial charge in [0.15, 0.2) is 5.78 Å². The Morgan fingerprint density at radius 2 is 1.59 bits per heavy atom. The van der Waals surface area contributed by atoms with Gasteiger partial charge in [0.2, 0.25) is 0 Å². The molecular weight excluding hydrogens is 790 g/mol. The van der Waals surface area contributed by atoms with Gasteiger partial charge in [0, 0.05) is 55.7 Å². The minimum atomic E-state index is -0.300. The maximum atomic E-state index is 14.9. The van der Waals surface area contributed by atoms with E-state index >= 15 is 0 Å². The molecule has 2 aromatic heterocycles. The molecule has 1 radical (unpaired) electrons. The van der Waals surface area contributed by atoms with Gasteiger partial charge in [-0.25, -0.2) is 4.39 Å². The molecule has 0 saturated heterocycles. The first kappa shape index (κ1) is 40.1. The van der Waals surface area contributed by atoms with E-state index in [1.165, 1.54) is 17.7 Å². The van der Waals surface area contributed by atoms with E-state index in [0.717, 1.165) is 70.5 Å². The van der Waals surface area contributed by atoms with Crippen LogP contribution in [-0.4, -0.2) is 15.9 Å². The maximum Gasteiger partial charge on any atom is 0.162 e. The van der Waals surface area contributed by atoms with Crippen molar-refractivity contribution < 1.29 is 38.8 Å². The predicted octanol–water partition coefficient (Wildman–Crippen LogP) is 12.4. The quantitative estimate of drug-likeness (QED) is 0.0864. The molecular formula is C43H53FIrNO3-. The number of pyridine rings is 1. The average Bonchev–Trinajstić information content (AvgIpc) is 3.37. The summed E-state index contributed by atoms with van der Waals surface area (Å²) < 4.78 is 21.2. The number of aliphatic hydroxyl groups is 1. The van der Waals surface area contributed by atoms with E-state index < -0.39 is 0 Å². The predicted molar refractivity (Wildman–Crippen MR) is 199 cm³/mol. The van der Waals surface area contributed by atoms with Gasteiger partial charge in [-0.2, -0.15) is 0 Å². The summed E-state index contributed by atoms with van der Waals surface area (Å²) in [6.45, 7) is 20.6. The molecule has 4 nitrogen and oxygen atoms in total. The zero-order chi connectivity index (χ0) is 35.3. The number of carbonyl (C=O) groups is 1. The summed E-state index contributed by atoms with van der Waals surface area (Å²) >= 11 is 0. The molecule has 0 unspecified atom stereocenters. The molecule has 0 saturated carbocycles. The number of aliphatic hydroxyl groups excluding tert-OH is 1. The standard InChI is InChI=1S/C30H29FNO.C13H24O2.Ir/c1-17(2)11-19-7-8-21-20(14-19)9-10-32-28(21)24-13-18(3)12-23-22-15-25(30(4,5)6)26(31)16-27(22)33-29(23)24;1-5-10(6-2)12(14)9-13(15)11(7-3)8-4;/h7-10,12,14-17H,11H2,1-6H3;9-11,14H,5-8H2,1-4H3;/q-1;;/b;12-9-;. The van der Waals surface area contributed by atoms with Crippen molar-refractivity contribution >= 4 is 38.5 Å². The Labute approximate surface area is 305 Å². The number of benzene rings is 3. The fourth-order valence-electron chi connectivity index (χ4n) is 6.52. The monoisotopic (exact) mass is 843 g/mol. The number of nitrogens with zero attached hydrogens (tertiary/aromatic N) is 1. The van der Waals surface area contributed by atoms with E-state index in [-0.39, 0.29) is 54.7 Å². The van der Waals surface area contributed by atoms with Crippen molar-refractivity contribution in [2.75, 3.05) is 0 Å². The fraction of sp³-hybridized carbons (Fsp3) is 0.442. The van der Waals surface area contributed by atoms with Crippen LogP contribution >= 0.6 is 0 Å². The van der Waals surface area contributed by atoms with Crippen LogP contribution in [0.15, 0.2) is 64.9 Å². The van der Waals surface area contributed by atoms with Gasteiger partial charge in [-0.1, -0.05) is 98.4 Å². The second-order valence-corrected chi connectivity index (χ2v) is 14.6. The second-order valence-electron chi connectivity index (χ2n) is 14.6. The Morgan fingerprint density at radius 3 is 2.18 bits per heavy atom. The minimum absolute atomic E-state index is 0. The van der Waals surface area contributed by atoms with Crippen molar-refractivity contribution in [3.05, 3.63) is 89.1 Å². The zero-order valence-corrected chi connectivity index (χ0v) is 33.3. The number of fused-ring (bicyclic) bond motifs is 4. The molecule has 0 spiro atoms. The van der Waals surface area contributed by atoms with E-state index in [2.05, 4.69) is 50.2 Å². The van der Waals surface area contributed by atoms with Crippen LogP contribution in [0.3, 0.4) is 0 Å². The molecule has 0 aliphatic rings. The average molecular weight is 843 g/mol. The number of allylic oxidation sites excluding steroid dienone is 2. The van der Waals surface area contributed by atoms with E-state index in [1.54, 1.807) is 0 Å². The summed E-state index contributed by atoms with van der Waals surface area (Å²) in [4.78, 5) is 16.5. The molecule has 5 aromatic rings. The summed E-state index contributed by atoms with van der Waals surface area (Å²) in [5.41, 5.74) is 5.62. The zero-order valence-electron chi connectivity index (χ0n) is 30.9. The van der Waals surface area contributed by atoms with Crippen LogP contribution in [0.4, 0.5) is 4.39 Å². The van der Waals surface area contributed by atoms with Crippen LogP contribution in [0.5, 0.6) is 0 Å². The van der Waals surface area contributed by atoms with Gasteiger partial charge in [0.05, 0.1) is 11.3 Å². The van der Waals surface area contributed by atoms with E-state index in [9.17, 15) is 14.3 Å². The Morgan fingerprint density at radius 1 is 0.939 bits per heavy atom. The largest absolute Gasteiger partial charge is 0.512 e. The summed E-state index contributed by atoms with van der Waals surface area (Å²) in [6.07, 6.45) is 7.79. The molecule has 0 aliphatic carbocycles. The Bertz CT molecular complexity index is 1920. The molecule has 6 heteroatoms. The van der Waals surface area contributed by atoms with Gasteiger partial charge in [-0.3, -0.25) is 4.79 Å². The van der Waals surface area contributed by atoms with Crippen LogP contribution < -0.4 is 0 Å². The third-order valence-electron chi connectivity index (χ3n) is 9.33. The number of hydrogen-bond acceptors (Lipinski definition) is 4. The third kappa shape index (κ3) is 9.26. The summed E-state index contributed by atoms with van der Waals surface area (Å²) in [7, 11) is 0. The molecule has 3 aromatic carbocycles. The van der Waals surface area contributed by atoms with Gasteiger partial charge >= 0.3 is 0 Å². The Hall–Kier alpha value is -3.34. The van der Waals surface area contributed by atoms with E-state index in [0.29, 0.717) is 22.6 Å². The first-order valence-electron chi connectivity index (χ1n) is 17.6. The van der Waals surface area contributed by atoms with Crippen molar-refractivity contribution in [2.45, 2.75) is 107 Å². The Balaban J connectivity index is 0.000000347. The van der Waals surface area contributed by atoms with Gasteiger partial charge < -0.3 is 14.5 Å². The number of rotatable bonds is 10. The van der Waals surface area contributed by atoms with Crippen LogP contribution in [0, 0.1) is 36.6 Å². The number of aryl methyl sites for hydroxylation is 1. The number of ketones is 1. The first-order chi connectivity index (χ1) is 22.7. The molecule has 5 rings (SSSR count). The van der Waals surface area contributed by atoms with Gasteiger partial charge in [-0.15, -0.1) is 17.7 Å². The fourth-order valence-corrected chi connectivity index (χ4v) is 6.52. The molecule has 2 heterocycles. The van der Waals surface area contributed by atoms with Gasteiger partial charge in [0.1, 0.15) is 11.4 Å². The summed E-state index contributed by atoms with van der Waals surface area (Å²) in [5.74, 6) is 0.908. The Kier molecular flexibility index (Phi) is 14.0. The smallest absolute Gasteiger partial charge is 0.162 e. The van der Waals surface area contributed by atoms with Crippen molar-refractivity contribution in [2.24, 2.45) is 17.8 Å². The minimum Gasteiger partial charge on any atom is -0.512 e. The van der Waals surface area contributed by atoms with Crippen molar-refractivity contribution in [1.29, 1.82) is 0 Å². The maximum absolute atomic E-state index is 14.9. The normalized spacial score (nSPS) is 12.2. The second kappa shape index (κ2) is 17.1. The van der Waals surface area contributed by atoms with Crippen molar-refractivity contribution in [3.8, 4) is 11.3 Å². The molecule has 0 fully saturated rings.